The van der Waals surface area contributed by atoms with Crippen molar-refractivity contribution in [2.45, 2.75) is 103 Å². The summed E-state index contributed by atoms with van der Waals surface area (Å²) in [6.07, 6.45) is 16.4. The Morgan fingerprint density at radius 2 is 1.33 bits per heavy atom. The van der Waals surface area contributed by atoms with Crippen LogP contribution >= 0.6 is 0 Å². The molecule has 2 N–H and O–H groups in total. The summed E-state index contributed by atoms with van der Waals surface area (Å²) in [6, 6.07) is 0. The number of hydrogen-bond donors (Lipinski definition) is 2. The van der Waals surface area contributed by atoms with Gasteiger partial charge in [0.2, 0.25) is 0 Å². The molecule has 0 aromatic carbocycles. The van der Waals surface area contributed by atoms with Gasteiger partial charge in [0.1, 0.15) is 12.6 Å². The van der Waals surface area contributed by atoms with Gasteiger partial charge in [0.05, 0.1) is 0 Å². The van der Waals surface area contributed by atoms with Crippen molar-refractivity contribution >= 4 is 24.4 Å². The van der Waals surface area contributed by atoms with Crippen molar-refractivity contribution in [2.75, 3.05) is 6.61 Å². The third kappa shape index (κ3) is 17.2. The zero-order valence-corrected chi connectivity index (χ0v) is 20.5. The van der Waals surface area contributed by atoms with Crippen molar-refractivity contribution in [1.82, 2.24) is 5.48 Å². The van der Waals surface area contributed by atoms with E-state index >= 15 is 0 Å². The summed E-state index contributed by atoms with van der Waals surface area (Å²) in [5.41, 5.74) is 2.16. The van der Waals surface area contributed by atoms with E-state index in [1.807, 2.05) is 0 Å². The lowest BCUT2D eigenvalue weighted by Crippen LogP contribution is -2.32. The molecule has 33 heavy (non-hydrogen) atoms. The number of carbonyl (C=O) groups is 4. The number of rotatable bonds is 22. The molecule has 0 aromatic heterocycles. The van der Waals surface area contributed by atoms with Crippen LogP contribution in [0.2, 0.25) is 0 Å². The first-order valence-electron chi connectivity index (χ1n) is 12.7. The number of amides is 1. The molecule has 3 atom stereocenters. The van der Waals surface area contributed by atoms with E-state index in [2.05, 4.69) is 23.8 Å². The first kappa shape index (κ1) is 31.0. The zero-order valence-electron chi connectivity index (χ0n) is 20.5. The normalized spacial score (nSPS) is 13.5. The van der Waals surface area contributed by atoms with Gasteiger partial charge in [0, 0.05) is 30.4 Å². The number of aldehydes is 2. The largest absolute Gasteiger partial charge is 0.396 e. The predicted octanol–water partition coefficient (Wildman–Crippen LogP) is 4.86. The lowest BCUT2D eigenvalue weighted by atomic mass is 9.90. The van der Waals surface area contributed by atoms with Gasteiger partial charge in [-0.1, -0.05) is 64.9 Å². The van der Waals surface area contributed by atoms with E-state index in [4.69, 9.17) is 5.11 Å². The highest BCUT2D eigenvalue weighted by Gasteiger charge is 2.19. The van der Waals surface area contributed by atoms with Crippen LogP contribution in [-0.4, -0.2) is 36.2 Å². The average Bonchev–Trinajstić information content (AvgIpc) is 2.84. The molecule has 0 aromatic rings. The van der Waals surface area contributed by atoms with Crippen molar-refractivity contribution < 1.29 is 29.1 Å². The maximum atomic E-state index is 12.2. The highest BCUT2D eigenvalue weighted by Crippen LogP contribution is 2.22. The number of nitrogens with one attached hydrogen (secondary N) is 1. The highest BCUT2D eigenvalue weighted by molar-refractivity contribution is 5.84. The molecule has 0 bridgehead atoms. The molecule has 0 rings (SSSR count). The fraction of sp³-hybridized carbons (Fsp3) is 0.769. The van der Waals surface area contributed by atoms with Gasteiger partial charge in [-0.05, 0) is 44.9 Å². The summed E-state index contributed by atoms with van der Waals surface area (Å²) in [5, 5.41) is 9.05. The summed E-state index contributed by atoms with van der Waals surface area (Å²) in [5.74, 6) is -1.33. The first-order chi connectivity index (χ1) is 16.0. The molecule has 0 radical (unpaired) electrons. The summed E-state index contributed by atoms with van der Waals surface area (Å²) in [6.45, 7) is 5.45. The standard InChI is InChI=1S/C26H45NO6/c1-3-5-6-9-13-22(20-29)17-18-23(21-30)14-10-7-8-11-15-24(16-12-19-28)26(32)27-33-25(31)4-2/h4,20-24,28H,2-3,5-19H2,1H3,(H,27,32). The summed E-state index contributed by atoms with van der Waals surface area (Å²) in [4.78, 5) is 50.6. The van der Waals surface area contributed by atoms with Crippen molar-refractivity contribution in [3.05, 3.63) is 12.7 Å². The smallest absolute Gasteiger partial charge is 0.355 e. The van der Waals surface area contributed by atoms with Crippen LogP contribution in [-0.2, 0) is 24.0 Å². The molecule has 190 valence electrons. The minimum absolute atomic E-state index is 0.00529. The van der Waals surface area contributed by atoms with Gasteiger partial charge < -0.3 is 19.5 Å². The van der Waals surface area contributed by atoms with Crippen LogP contribution in [0.1, 0.15) is 103 Å². The van der Waals surface area contributed by atoms with E-state index in [1.54, 1.807) is 0 Å². The Bertz CT molecular complexity index is 551. The fourth-order valence-corrected chi connectivity index (χ4v) is 3.94. The van der Waals surface area contributed by atoms with E-state index in [0.717, 1.165) is 76.4 Å². The van der Waals surface area contributed by atoms with E-state index in [-0.39, 0.29) is 30.3 Å². The molecule has 3 unspecified atom stereocenters. The molecular formula is C26H45NO6. The molecular weight excluding hydrogens is 422 g/mol. The van der Waals surface area contributed by atoms with E-state index in [1.165, 1.54) is 19.3 Å². The Hall–Kier alpha value is -2.02. The molecule has 0 saturated carbocycles. The molecule has 0 saturated heterocycles. The van der Waals surface area contributed by atoms with Crippen molar-refractivity contribution in [1.29, 1.82) is 0 Å². The quantitative estimate of drug-likeness (QED) is 0.102. The van der Waals surface area contributed by atoms with Crippen molar-refractivity contribution in [3.8, 4) is 0 Å². The summed E-state index contributed by atoms with van der Waals surface area (Å²) >= 11 is 0. The maximum absolute atomic E-state index is 12.2. The van der Waals surface area contributed by atoms with Crippen LogP contribution in [0.4, 0.5) is 0 Å². The Morgan fingerprint density at radius 3 is 1.82 bits per heavy atom. The number of aliphatic hydroxyl groups is 1. The Kier molecular flexibility index (Phi) is 20.5. The van der Waals surface area contributed by atoms with Crippen LogP contribution in [0.25, 0.3) is 0 Å². The van der Waals surface area contributed by atoms with Crippen molar-refractivity contribution in [2.24, 2.45) is 17.8 Å². The first-order valence-corrected chi connectivity index (χ1v) is 12.7. The second kappa shape index (κ2) is 21.8. The van der Waals surface area contributed by atoms with Gasteiger partial charge in [-0.25, -0.2) is 4.79 Å². The molecule has 0 fully saturated rings. The number of aliphatic hydroxyl groups excluding tert-OH is 1. The topological polar surface area (TPSA) is 110 Å². The molecule has 0 spiro atoms. The molecule has 7 heteroatoms. The molecule has 0 aliphatic carbocycles. The average molecular weight is 468 g/mol. The number of hydroxylamine groups is 1. The van der Waals surface area contributed by atoms with Gasteiger partial charge in [-0.3, -0.25) is 4.79 Å². The van der Waals surface area contributed by atoms with E-state index in [0.29, 0.717) is 19.3 Å². The fourth-order valence-electron chi connectivity index (χ4n) is 3.94. The Balaban J connectivity index is 4.14. The van der Waals surface area contributed by atoms with Gasteiger partial charge in [0.15, 0.2) is 0 Å². The molecule has 7 nitrogen and oxygen atoms in total. The summed E-state index contributed by atoms with van der Waals surface area (Å²) < 4.78 is 0. The Labute approximate surface area is 199 Å². The Morgan fingerprint density at radius 1 is 0.818 bits per heavy atom. The predicted molar refractivity (Wildman–Crippen MR) is 129 cm³/mol. The van der Waals surface area contributed by atoms with Crippen LogP contribution < -0.4 is 5.48 Å². The second-order valence-electron chi connectivity index (χ2n) is 8.86. The SMILES string of the molecule is C=CC(=O)ONC(=O)C(CCCO)CCCCCCC(C=O)CCC(C=O)CCCCCC. The lowest BCUT2D eigenvalue weighted by Gasteiger charge is -2.16. The van der Waals surface area contributed by atoms with Crippen LogP contribution in [0.15, 0.2) is 12.7 Å². The summed E-state index contributed by atoms with van der Waals surface area (Å²) in [7, 11) is 0. The zero-order chi connectivity index (χ0) is 24.7. The van der Waals surface area contributed by atoms with Crippen LogP contribution in [0.3, 0.4) is 0 Å². The second-order valence-corrected chi connectivity index (χ2v) is 8.86. The van der Waals surface area contributed by atoms with Crippen LogP contribution in [0, 0.1) is 17.8 Å². The van der Waals surface area contributed by atoms with Gasteiger partial charge in [-0.15, -0.1) is 0 Å². The maximum Gasteiger partial charge on any atom is 0.355 e. The molecule has 0 aliphatic heterocycles. The third-order valence-electron chi connectivity index (χ3n) is 6.10. The molecule has 0 heterocycles. The van der Waals surface area contributed by atoms with Gasteiger partial charge in [-0.2, -0.15) is 5.48 Å². The van der Waals surface area contributed by atoms with E-state index in [9.17, 15) is 19.2 Å². The number of unbranched alkanes of at least 4 members (excludes halogenated alkanes) is 6. The van der Waals surface area contributed by atoms with Gasteiger partial charge in [0.25, 0.3) is 5.91 Å². The lowest BCUT2D eigenvalue weighted by molar-refractivity contribution is -0.155. The number of hydrogen-bond acceptors (Lipinski definition) is 6. The van der Waals surface area contributed by atoms with Gasteiger partial charge >= 0.3 is 5.97 Å². The monoisotopic (exact) mass is 467 g/mol. The van der Waals surface area contributed by atoms with Crippen molar-refractivity contribution in [3.63, 3.8) is 0 Å². The molecule has 1 amide bonds. The molecule has 0 aliphatic rings. The number of carbonyl (C=O) groups excluding carboxylic acids is 4. The third-order valence-corrected chi connectivity index (χ3v) is 6.10. The van der Waals surface area contributed by atoms with Crippen LogP contribution in [0.5, 0.6) is 0 Å². The van der Waals surface area contributed by atoms with E-state index < -0.39 is 5.97 Å². The minimum Gasteiger partial charge on any atom is -0.396 e. The highest BCUT2D eigenvalue weighted by atomic mass is 16.7. The minimum atomic E-state index is -0.718.